The van der Waals surface area contributed by atoms with Crippen molar-refractivity contribution in [3.05, 3.63) is 76.3 Å². The summed E-state index contributed by atoms with van der Waals surface area (Å²) in [5, 5.41) is 1.57. The molecular formula is C24H24F3N4O+. The molecule has 1 aromatic carbocycles. The van der Waals surface area contributed by atoms with Gasteiger partial charge in [0.15, 0.2) is 5.43 Å². The van der Waals surface area contributed by atoms with Crippen LogP contribution in [0.2, 0.25) is 0 Å². The molecule has 0 spiro atoms. The van der Waals surface area contributed by atoms with E-state index in [9.17, 15) is 18.0 Å². The number of nitrogens with one attached hydrogen (secondary N) is 2. The molecule has 1 aliphatic heterocycles. The van der Waals surface area contributed by atoms with Crippen LogP contribution >= 0.6 is 0 Å². The molecule has 1 fully saturated rings. The van der Waals surface area contributed by atoms with E-state index < -0.39 is 11.7 Å². The Kier molecular flexibility index (Phi) is 5.04. The van der Waals surface area contributed by atoms with Gasteiger partial charge in [-0.25, -0.2) is 9.97 Å². The van der Waals surface area contributed by atoms with Crippen molar-refractivity contribution in [2.45, 2.75) is 32.1 Å². The Balaban J connectivity index is 1.50. The number of pyridine rings is 2. The maximum absolute atomic E-state index is 13.1. The van der Waals surface area contributed by atoms with Crippen LogP contribution in [0, 0.1) is 5.92 Å². The van der Waals surface area contributed by atoms with Crippen LogP contribution < -0.4 is 10.4 Å². The SMILES string of the molecule is C[C@@H]1CCN(Cc2cccc(C(F)(F)F)c2)C[C@@H]1n1ccc(=O)c2c[nH+]c3[nH]ccc3c21. The maximum Gasteiger partial charge on any atom is 0.416 e. The third-order valence-corrected chi connectivity index (χ3v) is 6.55. The molecule has 0 bridgehead atoms. The lowest BCUT2D eigenvalue weighted by Gasteiger charge is -2.39. The van der Waals surface area contributed by atoms with Gasteiger partial charge >= 0.3 is 6.18 Å². The number of halogens is 3. The van der Waals surface area contributed by atoms with Gasteiger partial charge in [0.2, 0.25) is 0 Å². The number of aromatic nitrogens is 3. The zero-order valence-corrected chi connectivity index (χ0v) is 17.6. The molecule has 166 valence electrons. The van der Waals surface area contributed by atoms with Crippen LogP contribution in [0.4, 0.5) is 13.2 Å². The Morgan fingerprint density at radius 1 is 1.19 bits per heavy atom. The Morgan fingerprint density at radius 3 is 2.84 bits per heavy atom. The van der Waals surface area contributed by atoms with Gasteiger partial charge in [0.1, 0.15) is 6.20 Å². The van der Waals surface area contributed by atoms with Gasteiger partial charge < -0.3 is 4.57 Å². The van der Waals surface area contributed by atoms with Gasteiger partial charge in [0.25, 0.3) is 5.65 Å². The highest BCUT2D eigenvalue weighted by Crippen LogP contribution is 2.33. The average molecular weight is 441 g/mol. The van der Waals surface area contributed by atoms with E-state index in [2.05, 4.69) is 26.4 Å². The first-order valence-corrected chi connectivity index (χ1v) is 10.7. The summed E-state index contributed by atoms with van der Waals surface area (Å²) in [4.78, 5) is 21.0. The van der Waals surface area contributed by atoms with Gasteiger partial charge in [-0.3, -0.25) is 9.69 Å². The number of hydrogen-bond acceptors (Lipinski definition) is 2. The van der Waals surface area contributed by atoms with Crippen LogP contribution in [-0.2, 0) is 12.7 Å². The molecule has 4 aromatic rings. The molecule has 2 N–H and O–H groups in total. The highest BCUT2D eigenvalue weighted by atomic mass is 19.4. The van der Waals surface area contributed by atoms with Gasteiger partial charge in [-0.1, -0.05) is 25.1 Å². The van der Waals surface area contributed by atoms with Crippen LogP contribution in [0.25, 0.3) is 21.9 Å². The minimum Gasteiger partial charge on any atom is -0.342 e. The summed E-state index contributed by atoms with van der Waals surface area (Å²) in [5.74, 6) is 0.358. The Morgan fingerprint density at radius 2 is 2.03 bits per heavy atom. The Labute approximate surface area is 182 Å². The third kappa shape index (κ3) is 3.68. The van der Waals surface area contributed by atoms with Crippen LogP contribution in [-0.4, -0.2) is 27.5 Å². The van der Waals surface area contributed by atoms with Gasteiger partial charge in [-0.2, -0.15) is 13.2 Å². The van der Waals surface area contributed by atoms with E-state index in [0.29, 0.717) is 30.0 Å². The summed E-state index contributed by atoms with van der Waals surface area (Å²) < 4.78 is 41.5. The minimum atomic E-state index is -4.34. The summed E-state index contributed by atoms with van der Waals surface area (Å²) in [6.45, 7) is 4.16. The number of rotatable bonds is 3. The first-order chi connectivity index (χ1) is 15.3. The number of alkyl halides is 3. The van der Waals surface area contributed by atoms with Crippen molar-refractivity contribution in [2.24, 2.45) is 5.92 Å². The summed E-state index contributed by atoms with van der Waals surface area (Å²) in [6, 6.07) is 9.20. The van der Waals surface area contributed by atoms with E-state index in [1.54, 1.807) is 18.3 Å². The van der Waals surface area contributed by atoms with Crippen LogP contribution in [0.5, 0.6) is 0 Å². The number of hydrogen-bond donors (Lipinski definition) is 1. The number of aromatic amines is 2. The first-order valence-electron chi connectivity index (χ1n) is 10.7. The summed E-state index contributed by atoms with van der Waals surface area (Å²) in [5.41, 5.74) is 1.72. The number of benzene rings is 1. The predicted molar refractivity (Wildman–Crippen MR) is 116 cm³/mol. The molecular weight excluding hydrogens is 417 g/mol. The largest absolute Gasteiger partial charge is 0.416 e. The first kappa shape index (κ1) is 20.8. The summed E-state index contributed by atoms with van der Waals surface area (Å²) in [7, 11) is 0. The molecule has 0 aliphatic carbocycles. The van der Waals surface area contributed by atoms with E-state index in [4.69, 9.17) is 0 Å². The van der Waals surface area contributed by atoms with E-state index >= 15 is 0 Å². The standard InChI is InChI=1S/C24H23F3N4O/c1-15-6-9-30(13-16-3-2-4-17(11-16)24(25,26)27)14-20(15)31-10-7-21(32)19-12-29-23-18(22(19)31)5-8-28-23/h2-5,7-8,10-12,15,20H,6,9,13-14H2,1H3,(H,28,29)/p+1/t15-,20+/m1/s1. The fourth-order valence-electron chi connectivity index (χ4n) is 4.82. The van der Waals surface area contributed by atoms with Gasteiger partial charge in [0, 0.05) is 31.4 Å². The molecule has 0 saturated carbocycles. The van der Waals surface area contributed by atoms with Crippen molar-refractivity contribution in [3.63, 3.8) is 0 Å². The molecule has 1 saturated heterocycles. The monoisotopic (exact) mass is 441 g/mol. The van der Waals surface area contributed by atoms with E-state index in [0.717, 1.165) is 35.6 Å². The molecule has 3 aromatic heterocycles. The van der Waals surface area contributed by atoms with Crippen molar-refractivity contribution < 1.29 is 18.2 Å². The van der Waals surface area contributed by atoms with Crippen LogP contribution in [0.3, 0.4) is 0 Å². The fourth-order valence-corrected chi connectivity index (χ4v) is 4.82. The predicted octanol–water partition coefficient (Wildman–Crippen LogP) is 4.40. The zero-order chi connectivity index (χ0) is 22.5. The topological polar surface area (TPSA) is 55.2 Å². The van der Waals surface area contributed by atoms with E-state index in [1.807, 2.05) is 18.5 Å². The normalized spacial score (nSPS) is 20.2. The minimum absolute atomic E-state index is 0.0418. The van der Waals surface area contributed by atoms with E-state index in [1.165, 1.54) is 12.1 Å². The lowest BCUT2D eigenvalue weighted by Crippen LogP contribution is -2.40. The number of H-pyrrole nitrogens is 2. The van der Waals surface area contributed by atoms with Crippen molar-refractivity contribution in [1.82, 2.24) is 14.5 Å². The fraction of sp³-hybridized carbons (Fsp3) is 0.333. The second-order valence-electron chi connectivity index (χ2n) is 8.67. The Hall–Kier alpha value is -3.13. The number of nitrogens with zero attached hydrogens (tertiary/aromatic N) is 2. The lowest BCUT2D eigenvalue weighted by molar-refractivity contribution is -0.345. The maximum atomic E-state index is 13.1. The number of fused-ring (bicyclic) bond motifs is 3. The number of likely N-dealkylation sites (tertiary alicyclic amines) is 1. The van der Waals surface area contributed by atoms with Crippen molar-refractivity contribution in [2.75, 3.05) is 13.1 Å². The summed E-state index contributed by atoms with van der Waals surface area (Å²) >= 11 is 0. The van der Waals surface area contributed by atoms with Gasteiger partial charge in [-0.15, -0.1) is 0 Å². The van der Waals surface area contributed by atoms with E-state index in [-0.39, 0.29) is 11.5 Å². The third-order valence-electron chi connectivity index (χ3n) is 6.55. The van der Waals surface area contributed by atoms with Gasteiger partial charge in [0.05, 0.1) is 28.0 Å². The molecule has 32 heavy (non-hydrogen) atoms. The molecule has 4 heterocycles. The van der Waals surface area contributed by atoms with Crippen LogP contribution in [0.1, 0.15) is 30.5 Å². The lowest BCUT2D eigenvalue weighted by atomic mass is 9.92. The second-order valence-corrected chi connectivity index (χ2v) is 8.67. The Bertz CT molecular complexity index is 1340. The average Bonchev–Trinajstić information content (AvgIpc) is 3.24. The van der Waals surface area contributed by atoms with Crippen molar-refractivity contribution >= 4 is 21.9 Å². The molecule has 0 amide bonds. The van der Waals surface area contributed by atoms with Crippen molar-refractivity contribution in [3.8, 4) is 0 Å². The van der Waals surface area contributed by atoms with Gasteiger partial charge in [-0.05, 0) is 36.6 Å². The highest BCUT2D eigenvalue weighted by Gasteiger charge is 2.32. The number of piperidine rings is 1. The molecule has 5 rings (SSSR count). The quantitative estimate of drug-likeness (QED) is 0.513. The molecule has 1 aliphatic rings. The highest BCUT2D eigenvalue weighted by molar-refractivity contribution is 6.00. The second kappa shape index (κ2) is 7.78. The summed E-state index contributed by atoms with van der Waals surface area (Å²) in [6.07, 6.45) is 2.01. The molecule has 0 unspecified atom stereocenters. The van der Waals surface area contributed by atoms with Crippen LogP contribution in [0.15, 0.2) is 59.8 Å². The molecule has 8 heteroatoms. The zero-order valence-electron chi connectivity index (χ0n) is 17.6. The molecule has 5 nitrogen and oxygen atoms in total. The molecule has 2 atom stereocenters. The smallest absolute Gasteiger partial charge is 0.342 e. The van der Waals surface area contributed by atoms with Crippen molar-refractivity contribution in [1.29, 1.82) is 0 Å². The molecule has 0 radical (unpaired) electrons.